The van der Waals surface area contributed by atoms with Crippen molar-refractivity contribution in [2.75, 3.05) is 0 Å². The molecule has 0 aliphatic carbocycles. The summed E-state index contributed by atoms with van der Waals surface area (Å²) in [5.74, 6) is -0.313. The van der Waals surface area contributed by atoms with Crippen molar-refractivity contribution in [3.05, 3.63) is 33.5 Å². The Morgan fingerprint density at radius 3 is 2.88 bits per heavy atom. The van der Waals surface area contributed by atoms with Crippen molar-refractivity contribution in [1.29, 1.82) is 0 Å². The second kappa shape index (κ2) is 5.20. The van der Waals surface area contributed by atoms with Gasteiger partial charge in [-0.1, -0.05) is 24.3 Å². The zero-order chi connectivity index (χ0) is 12.4. The van der Waals surface area contributed by atoms with E-state index in [-0.39, 0.29) is 11.9 Å². The normalized spacial score (nSPS) is 12.7. The zero-order valence-electron chi connectivity index (χ0n) is 9.15. The van der Waals surface area contributed by atoms with E-state index in [1.54, 1.807) is 12.1 Å². The van der Waals surface area contributed by atoms with Gasteiger partial charge in [0.1, 0.15) is 10.8 Å². The summed E-state index contributed by atoms with van der Waals surface area (Å²) in [6.45, 7) is 1.98. The molecular formula is C11H11BrFN3S. The molecule has 2 rings (SSSR count). The first-order chi connectivity index (χ1) is 8.13. The van der Waals surface area contributed by atoms with Crippen LogP contribution in [-0.2, 0) is 0 Å². The maximum absolute atomic E-state index is 13.7. The molecule has 1 heterocycles. The minimum atomic E-state index is -0.313. The van der Waals surface area contributed by atoms with E-state index >= 15 is 0 Å². The summed E-state index contributed by atoms with van der Waals surface area (Å²) in [6.07, 6.45) is 0.785. The lowest BCUT2D eigenvalue weighted by Crippen LogP contribution is -2.07. The number of hydrogen-bond acceptors (Lipinski definition) is 4. The molecule has 0 radical (unpaired) electrons. The molecule has 1 atom stereocenters. The number of halogens is 2. The Bertz CT molecular complexity index is 509. The van der Waals surface area contributed by atoms with E-state index in [1.807, 2.05) is 6.92 Å². The SMILES string of the molecule is CCC(N)c1nnc(-c2c(F)cccc2Br)s1. The summed E-state index contributed by atoms with van der Waals surface area (Å²) in [6, 6.07) is 4.69. The molecule has 0 saturated carbocycles. The molecule has 17 heavy (non-hydrogen) atoms. The van der Waals surface area contributed by atoms with E-state index in [2.05, 4.69) is 26.1 Å². The predicted octanol–water partition coefficient (Wildman–Crippen LogP) is 3.52. The van der Waals surface area contributed by atoms with E-state index < -0.39 is 0 Å². The summed E-state index contributed by atoms with van der Waals surface area (Å²) in [7, 11) is 0. The minimum Gasteiger partial charge on any atom is -0.322 e. The van der Waals surface area contributed by atoms with Crippen LogP contribution in [0.4, 0.5) is 4.39 Å². The molecule has 1 unspecified atom stereocenters. The Morgan fingerprint density at radius 1 is 1.47 bits per heavy atom. The highest BCUT2D eigenvalue weighted by Gasteiger charge is 2.16. The van der Waals surface area contributed by atoms with Gasteiger partial charge < -0.3 is 5.73 Å². The van der Waals surface area contributed by atoms with Crippen molar-refractivity contribution in [2.45, 2.75) is 19.4 Å². The van der Waals surface area contributed by atoms with E-state index in [4.69, 9.17) is 5.73 Å². The Balaban J connectivity index is 2.44. The van der Waals surface area contributed by atoms with Gasteiger partial charge in [0.2, 0.25) is 0 Å². The van der Waals surface area contributed by atoms with Crippen LogP contribution in [0.2, 0.25) is 0 Å². The third-order valence-electron chi connectivity index (χ3n) is 2.37. The molecule has 2 aromatic rings. The maximum Gasteiger partial charge on any atom is 0.151 e. The minimum absolute atomic E-state index is 0.133. The number of benzene rings is 1. The Hall–Kier alpha value is -0.850. The Morgan fingerprint density at radius 2 is 2.24 bits per heavy atom. The average Bonchev–Trinajstić information content (AvgIpc) is 2.77. The van der Waals surface area contributed by atoms with Crippen LogP contribution in [0.5, 0.6) is 0 Å². The maximum atomic E-state index is 13.7. The van der Waals surface area contributed by atoms with Gasteiger partial charge in [-0.2, -0.15) is 0 Å². The third kappa shape index (κ3) is 2.53. The fourth-order valence-electron chi connectivity index (χ4n) is 1.36. The summed E-state index contributed by atoms with van der Waals surface area (Å²) >= 11 is 4.64. The second-order valence-corrected chi connectivity index (χ2v) is 5.42. The molecule has 1 aromatic heterocycles. The Labute approximate surface area is 111 Å². The van der Waals surface area contributed by atoms with Crippen molar-refractivity contribution in [3.8, 4) is 10.6 Å². The van der Waals surface area contributed by atoms with Gasteiger partial charge in [-0.25, -0.2) is 4.39 Å². The van der Waals surface area contributed by atoms with Crippen LogP contribution in [0.3, 0.4) is 0 Å². The lowest BCUT2D eigenvalue weighted by molar-refractivity contribution is 0.630. The molecule has 0 spiro atoms. The average molecular weight is 316 g/mol. The van der Waals surface area contributed by atoms with Crippen LogP contribution < -0.4 is 5.73 Å². The molecule has 0 aliphatic heterocycles. The first kappa shape index (κ1) is 12.6. The first-order valence-corrected chi connectivity index (χ1v) is 6.77. The molecule has 0 fully saturated rings. The highest BCUT2D eigenvalue weighted by Crippen LogP contribution is 2.34. The highest BCUT2D eigenvalue weighted by atomic mass is 79.9. The fourth-order valence-corrected chi connectivity index (χ4v) is 3.01. The number of aromatic nitrogens is 2. The van der Waals surface area contributed by atoms with Crippen molar-refractivity contribution in [1.82, 2.24) is 10.2 Å². The van der Waals surface area contributed by atoms with Crippen LogP contribution in [0.1, 0.15) is 24.4 Å². The van der Waals surface area contributed by atoms with Gasteiger partial charge >= 0.3 is 0 Å². The summed E-state index contributed by atoms with van der Waals surface area (Å²) in [5.41, 5.74) is 6.31. The van der Waals surface area contributed by atoms with Crippen LogP contribution in [0.15, 0.2) is 22.7 Å². The number of rotatable bonds is 3. The molecule has 3 nitrogen and oxygen atoms in total. The predicted molar refractivity (Wildman–Crippen MR) is 70.2 cm³/mol. The smallest absolute Gasteiger partial charge is 0.151 e. The largest absolute Gasteiger partial charge is 0.322 e. The van der Waals surface area contributed by atoms with Gasteiger partial charge in [-0.3, -0.25) is 0 Å². The number of nitrogens with two attached hydrogens (primary N) is 1. The third-order valence-corrected chi connectivity index (χ3v) is 4.11. The van der Waals surface area contributed by atoms with Gasteiger partial charge in [0.25, 0.3) is 0 Å². The highest BCUT2D eigenvalue weighted by molar-refractivity contribution is 9.10. The van der Waals surface area contributed by atoms with E-state index in [9.17, 15) is 4.39 Å². The van der Waals surface area contributed by atoms with Gasteiger partial charge in [0.05, 0.1) is 11.6 Å². The molecule has 90 valence electrons. The molecule has 6 heteroatoms. The van der Waals surface area contributed by atoms with E-state index in [0.717, 1.165) is 11.4 Å². The molecule has 1 aromatic carbocycles. The molecular weight excluding hydrogens is 305 g/mol. The molecule has 0 aliphatic rings. The van der Waals surface area contributed by atoms with Crippen LogP contribution in [0, 0.1) is 5.82 Å². The van der Waals surface area contributed by atoms with Crippen molar-refractivity contribution < 1.29 is 4.39 Å². The monoisotopic (exact) mass is 315 g/mol. The number of hydrogen-bond donors (Lipinski definition) is 1. The van der Waals surface area contributed by atoms with Crippen LogP contribution in [-0.4, -0.2) is 10.2 Å². The van der Waals surface area contributed by atoms with Crippen LogP contribution >= 0.6 is 27.3 Å². The zero-order valence-corrected chi connectivity index (χ0v) is 11.6. The lowest BCUT2D eigenvalue weighted by atomic mass is 10.2. The summed E-state index contributed by atoms with van der Waals surface area (Å²) in [5, 5.41) is 9.28. The standard InChI is InChI=1S/C11H11BrFN3S/c1-2-8(14)10-15-16-11(17-10)9-6(12)4-3-5-7(9)13/h3-5,8H,2,14H2,1H3. The van der Waals surface area contributed by atoms with E-state index in [0.29, 0.717) is 15.0 Å². The number of nitrogens with zero attached hydrogens (tertiary/aromatic N) is 2. The van der Waals surface area contributed by atoms with E-state index in [1.165, 1.54) is 17.4 Å². The summed E-state index contributed by atoms with van der Waals surface area (Å²) < 4.78 is 14.4. The van der Waals surface area contributed by atoms with Crippen LogP contribution in [0.25, 0.3) is 10.6 Å². The molecule has 0 bridgehead atoms. The fraction of sp³-hybridized carbons (Fsp3) is 0.273. The van der Waals surface area contributed by atoms with Crippen molar-refractivity contribution in [2.24, 2.45) is 5.73 Å². The van der Waals surface area contributed by atoms with Gasteiger partial charge in [-0.05, 0) is 34.5 Å². The van der Waals surface area contributed by atoms with Gasteiger partial charge in [-0.15, -0.1) is 10.2 Å². The lowest BCUT2D eigenvalue weighted by Gasteiger charge is -2.02. The first-order valence-electron chi connectivity index (χ1n) is 5.16. The van der Waals surface area contributed by atoms with Gasteiger partial charge in [0, 0.05) is 4.47 Å². The summed E-state index contributed by atoms with van der Waals surface area (Å²) in [4.78, 5) is 0. The van der Waals surface area contributed by atoms with Crippen molar-refractivity contribution >= 4 is 27.3 Å². The molecule has 0 saturated heterocycles. The second-order valence-electron chi connectivity index (χ2n) is 3.56. The van der Waals surface area contributed by atoms with Crippen molar-refractivity contribution in [3.63, 3.8) is 0 Å². The van der Waals surface area contributed by atoms with Gasteiger partial charge in [0.15, 0.2) is 5.01 Å². The molecule has 0 amide bonds. The topological polar surface area (TPSA) is 51.8 Å². The quantitative estimate of drug-likeness (QED) is 0.942. The Kier molecular flexibility index (Phi) is 3.86. The molecule has 2 N–H and O–H groups in total.